The average Bonchev–Trinajstić information content (AvgIpc) is 3.04. The van der Waals surface area contributed by atoms with E-state index in [1.807, 2.05) is 0 Å². The number of aryl methyl sites for hydroxylation is 2. The monoisotopic (exact) mass is 514 g/mol. The van der Waals surface area contributed by atoms with Crippen LogP contribution in [0.5, 0.6) is 0 Å². The molecule has 0 saturated heterocycles. The van der Waals surface area contributed by atoms with Crippen molar-refractivity contribution in [3.05, 3.63) is 57.6 Å². The fourth-order valence-electron chi connectivity index (χ4n) is 3.36. The molecular formula is C26H42Cl2Zr. The van der Waals surface area contributed by atoms with Crippen LogP contribution in [-0.2, 0) is 37.0 Å². The standard InChI is InChI=1S/2C13H21.2ClH.Zr/c2*1-9(2)13(5,6)12-8-7-10(3)11(12)4;;;/h2*7-9H,1-6H3;2*1H;/q2*-1;;;+4/p-2. The molecule has 0 unspecified atom stereocenters. The number of hydrogen-bond acceptors (Lipinski definition) is 0. The van der Waals surface area contributed by atoms with E-state index in [1.54, 1.807) is 0 Å². The minimum Gasteiger partial charge on any atom is -1.00 e. The third kappa shape index (κ3) is 7.66. The summed E-state index contributed by atoms with van der Waals surface area (Å²) in [6.45, 7) is 27.3. The summed E-state index contributed by atoms with van der Waals surface area (Å²) in [5.74, 6) is 1.38. The van der Waals surface area contributed by atoms with Gasteiger partial charge in [0.05, 0.1) is 0 Å². The molecule has 3 heteroatoms. The molecule has 2 aromatic carbocycles. The summed E-state index contributed by atoms with van der Waals surface area (Å²) in [5.41, 5.74) is 9.42. The fraction of sp³-hybridized carbons (Fsp3) is 0.615. The first-order chi connectivity index (χ1) is 11.7. The van der Waals surface area contributed by atoms with Crippen molar-refractivity contribution in [2.24, 2.45) is 11.8 Å². The van der Waals surface area contributed by atoms with E-state index >= 15 is 0 Å². The largest absolute Gasteiger partial charge is 4.00 e. The topological polar surface area (TPSA) is 0 Å². The Morgan fingerprint density at radius 2 is 0.897 bits per heavy atom. The van der Waals surface area contributed by atoms with Gasteiger partial charge in [-0.3, -0.25) is 0 Å². The van der Waals surface area contributed by atoms with Crippen molar-refractivity contribution >= 4 is 0 Å². The smallest absolute Gasteiger partial charge is 1.00 e. The maximum atomic E-state index is 2.33. The van der Waals surface area contributed by atoms with Crippen LogP contribution in [0, 0.1) is 39.5 Å². The molecule has 0 fully saturated rings. The second-order valence-electron chi connectivity index (χ2n) is 9.86. The molecule has 0 aliphatic carbocycles. The van der Waals surface area contributed by atoms with Crippen LogP contribution in [0.4, 0.5) is 0 Å². The van der Waals surface area contributed by atoms with E-state index in [9.17, 15) is 0 Å². The molecule has 29 heavy (non-hydrogen) atoms. The van der Waals surface area contributed by atoms with Gasteiger partial charge in [-0.2, -0.15) is 45.5 Å². The third-order valence-electron chi connectivity index (χ3n) is 7.27. The summed E-state index contributed by atoms with van der Waals surface area (Å²) in [4.78, 5) is 0. The molecule has 0 heterocycles. The fourth-order valence-corrected chi connectivity index (χ4v) is 3.36. The SMILES string of the molecule is Cc1c(C(C)(C)C(C)C)cc[c-]1C.Cc1c(C(C)(C)C(C)C)cc[c-]1C.[Cl-].[Cl-].[Zr+4]. The maximum absolute atomic E-state index is 2.33. The van der Waals surface area contributed by atoms with Gasteiger partial charge in [-0.15, -0.1) is 0 Å². The average molecular weight is 517 g/mol. The second kappa shape index (κ2) is 12.9. The van der Waals surface area contributed by atoms with Gasteiger partial charge < -0.3 is 24.8 Å². The molecule has 0 nitrogen and oxygen atoms in total. The number of halogens is 2. The molecule has 2 aromatic rings. The van der Waals surface area contributed by atoms with Crippen molar-refractivity contribution in [1.82, 2.24) is 0 Å². The van der Waals surface area contributed by atoms with Crippen molar-refractivity contribution in [3.8, 4) is 0 Å². The minimum absolute atomic E-state index is 0. The molecule has 164 valence electrons. The van der Waals surface area contributed by atoms with Gasteiger partial charge in [-0.05, 0) is 11.8 Å². The zero-order chi connectivity index (χ0) is 20.4. The van der Waals surface area contributed by atoms with E-state index in [4.69, 9.17) is 0 Å². The Kier molecular flexibility index (Phi) is 15.0. The Balaban J connectivity index is -0.000000422. The van der Waals surface area contributed by atoms with Gasteiger partial charge in [0.25, 0.3) is 0 Å². The van der Waals surface area contributed by atoms with Crippen LogP contribution in [0.15, 0.2) is 24.3 Å². The van der Waals surface area contributed by atoms with Crippen LogP contribution in [0.2, 0.25) is 0 Å². The third-order valence-corrected chi connectivity index (χ3v) is 7.27. The summed E-state index contributed by atoms with van der Waals surface area (Å²) < 4.78 is 0. The molecule has 0 aromatic heterocycles. The van der Waals surface area contributed by atoms with Crippen LogP contribution in [0.3, 0.4) is 0 Å². The van der Waals surface area contributed by atoms with Crippen LogP contribution < -0.4 is 24.8 Å². The number of hydrogen-bond donors (Lipinski definition) is 0. The maximum Gasteiger partial charge on any atom is 4.00 e. The molecule has 0 N–H and O–H groups in total. The molecule has 0 aliphatic rings. The van der Waals surface area contributed by atoms with Gasteiger partial charge >= 0.3 is 26.2 Å². The van der Waals surface area contributed by atoms with Crippen molar-refractivity contribution in [2.45, 2.75) is 93.9 Å². The van der Waals surface area contributed by atoms with Crippen LogP contribution in [-0.4, -0.2) is 0 Å². The molecule has 2 rings (SSSR count). The molecule has 0 bridgehead atoms. The van der Waals surface area contributed by atoms with Gasteiger partial charge in [0.1, 0.15) is 0 Å². The summed E-state index contributed by atoms with van der Waals surface area (Å²) in [6.07, 6.45) is 0. The Bertz CT molecular complexity index is 653. The van der Waals surface area contributed by atoms with E-state index in [2.05, 4.69) is 107 Å². The zero-order valence-electron chi connectivity index (χ0n) is 20.7. The first kappa shape index (κ1) is 33.8. The van der Waals surface area contributed by atoms with Crippen molar-refractivity contribution in [2.75, 3.05) is 0 Å². The molecule has 0 spiro atoms. The Morgan fingerprint density at radius 1 is 0.655 bits per heavy atom. The van der Waals surface area contributed by atoms with E-state index in [0.29, 0.717) is 22.7 Å². The normalized spacial score (nSPS) is 11.2. The zero-order valence-corrected chi connectivity index (χ0v) is 24.7. The van der Waals surface area contributed by atoms with Gasteiger partial charge in [0, 0.05) is 0 Å². The summed E-state index contributed by atoms with van der Waals surface area (Å²) in [6, 6.07) is 9.03. The molecular weight excluding hydrogens is 474 g/mol. The van der Waals surface area contributed by atoms with Crippen LogP contribution >= 0.6 is 0 Å². The van der Waals surface area contributed by atoms with E-state index < -0.39 is 0 Å². The Hall–Kier alpha value is 0.163. The van der Waals surface area contributed by atoms with Gasteiger partial charge in [0.15, 0.2) is 0 Å². The second-order valence-corrected chi connectivity index (χ2v) is 9.86. The summed E-state index contributed by atoms with van der Waals surface area (Å²) >= 11 is 0. The molecule has 0 radical (unpaired) electrons. The Labute approximate surface area is 213 Å². The van der Waals surface area contributed by atoms with E-state index in [-0.39, 0.29) is 51.0 Å². The predicted molar refractivity (Wildman–Crippen MR) is 119 cm³/mol. The van der Waals surface area contributed by atoms with Gasteiger partial charge in [-0.25, -0.2) is 12.1 Å². The first-order valence-corrected chi connectivity index (χ1v) is 10.2. The van der Waals surface area contributed by atoms with Crippen molar-refractivity contribution in [3.63, 3.8) is 0 Å². The van der Waals surface area contributed by atoms with Gasteiger partial charge in [0.2, 0.25) is 0 Å². The van der Waals surface area contributed by atoms with E-state index in [1.165, 1.54) is 33.4 Å². The number of rotatable bonds is 4. The van der Waals surface area contributed by atoms with Crippen molar-refractivity contribution < 1.29 is 51.0 Å². The summed E-state index contributed by atoms with van der Waals surface area (Å²) in [5, 5.41) is 0. The molecule has 0 atom stereocenters. The van der Waals surface area contributed by atoms with Crippen LogP contribution in [0.25, 0.3) is 0 Å². The first-order valence-electron chi connectivity index (χ1n) is 10.2. The summed E-state index contributed by atoms with van der Waals surface area (Å²) in [7, 11) is 0. The van der Waals surface area contributed by atoms with Crippen molar-refractivity contribution in [1.29, 1.82) is 0 Å². The molecule has 0 saturated carbocycles. The minimum atomic E-state index is 0. The van der Waals surface area contributed by atoms with E-state index in [0.717, 1.165) is 0 Å². The quantitative estimate of drug-likeness (QED) is 0.545. The van der Waals surface area contributed by atoms with Gasteiger partial charge in [-0.1, -0.05) is 93.9 Å². The van der Waals surface area contributed by atoms with Crippen LogP contribution in [0.1, 0.15) is 88.8 Å². The molecule has 0 aliphatic heterocycles. The predicted octanol–water partition coefficient (Wildman–Crippen LogP) is 1.92. The molecule has 0 amide bonds. The Morgan fingerprint density at radius 3 is 1.03 bits per heavy atom.